The number of rotatable bonds is 4. The van der Waals surface area contributed by atoms with Crippen LogP contribution in [-0.2, 0) is 0 Å². The molecule has 104 valence electrons. The highest BCUT2D eigenvalue weighted by Crippen LogP contribution is 2.42. The Bertz CT molecular complexity index is 652. The molecule has 1 N–H and O–H groups in total. The van der Waals surface area contributed by atoms with Gasteiger partial charge in [-0.3, -0.25) is 0 Å². The molecule has 0 amide bonds. The Morgan fingerprint density at radius 3 is 2.35 bits per heavy atom. The fourth-order valence-corrected chi connectivity index (χ4v) is 2.68. The van der Waals surface area contributed by atoms with Crippen LogP contribution in [0.4, 0.5) is 0 Å². The maximum Gasteiger partial charge on any atom is 0.336 e. The van der Waals surface area contributed by atoms with Crippen LogP contribution in [0.5, 0.6) is 11.5 Å². The number of hydrogen-bond acceptors (Lipinski definition) is 3. The lowest BCUT2D eigenvalue weighted by Gasteiger charge is -2.14. The van der Waals surface area contributed by atoms with Crippen LogP contribution in [-0.4, -0.2) is 25.3 Å². The predicted molar refractivity (Wildman–Crippen MR) is 79.6 cm³/mol. The molecule has 5 heteroatoms. The normalized spacial score (nSPS) is 10.2. The molecule has 0 aliphatic carbocycles. The van der Waals surface area contributed by atoms with Crippen molar-refractivity contribution in [1.29, 1.82) is 0 Å². The van der Waals surface area contributed by atoms with Gasteiger partial charge >= 0.3 is 5.97 Å². The number of carboxylic acid groups (broad SMARTS) is 1. The summed E-state index contributed by atoms with van der Waals surface area (Å²) < 4.78 is 11.3. The second-order valence-electron chi connectivity index (χ2n) is 4.01. The molecule has 0 saturated carbocycles. The Labute approximate surface area is 125 Å². The van der Waals surface area contributed by atoms with Crippen molar-refractivity contribution in [3.05, 3.63) is 46.4 Å². The van der Waals surface area contributed by atoms with Crippen molar-refractivity contribution < 1.29 is 19.4 Å². The number of carbonyl (C=O) groups is 1. The summed E-state index contributed by atoms with van der Waals surface area (Å²) in [6.45, 7) is 0. The van der Waals surface area contributed by atoms with E-state index in [1.165, 1.54) is 7.11 Å². The summed E-state index contributed by atoms with van der Waals surface area (Å²) in [6.07, 6.45) is 0. The molecule has 0 atom stereocenters. The fourth-order valence-electron chi connectivity index (χ4n) is 2.01. The average molecular weight is 337 g/mol. The zero-order chi connectivity index (χ0) is 14.7. The van der Waals surface area contributed by atoms with Gasteiger partial charge in [-0.25, -0.2) is 4.79 Å². The Kier molecular flexibility index (Phi) is 4.29. The molecule has 2 rings (SSSR count). The van der Waals surface area contributed by atoms with Crippen LogP contribution in [0.1, 0.15) is 10.4 Å². The first-order chi connectivity index (χ1) is 9.60. The molecule has 20 heavy (non-hydrogen) atoms. The van der Waals surface area contributed by atoms with E-state index in [0.29, 0.717) is 27.1 Å². The van der Waals surface area contributed by atoms with Crippen molar-refractivity contribution in [3.63, 3.8) is 0 Å². The predicted octanol–water partition coefficient (Wildman–Crippen LogP) is 3.83. The van der Waals surface area contributed by atoms with Crippen molar-refractivity contribution in [2.75, 3.05) is 14.2 Å². The quantitative estimate of drug-likeness (QED) is 0.921. The number of ether oxygens (including phenoxy) is 2. The van der Waals surface area contributed by atoms with Gasteiger partial charge in [0.05, 0.1) is 19.8 Å². The summed E-state index contributed by atoms with van der Waals surface area (Å²) in [5.41, 5.74) is 1.52. The summed E-state index contributed by atoms with van der Waals surface area (Å²) in [5.74, 6) is 0.186. The fraction of sp³-hybridized carbons (Fsp3) is 0.133. The Morgan fingerprint density at radius 1 is 1.05 bits per heavy atom. The van der Waals surface area contributed by atoms with Gasteiger partial charge in [-0.05, 0) is 39.7 Å². The van der Waals surface area contributed by atoms with Crippen molar-refractivity contribution in [2.45, 2.75) is 0 Å². The number of aromatic carboxylic acids is 1. The SMILES string of the molecule is COc1ccc(-c2ccccc2C(=O)O)c(OC)c1Br. The van der Waals surface area contributed by atoms with Gasteiger partial charge in [0.25, 0.3) is 0 Å². The van der Waals surface area contributed by atoms with Crippen LogP contribution >= 0.6 is 15.9 Å². The van der Waals surface area contributed by atoms with E-state index < -0.39 is 5.97 Å². The molecule has 2 aromatic rings. The molecule has 0 aliphatic rings. The molecule has 0 spiro atoms. The molecule has 0 fully saturated rings. The number of benzene rings is 2. The standard InChI is InChI=1S/C15H13BrO4/c1-19-12-8-7-10(14(20-2)13(12)16)9-5-3-4-6-11(9)15(17)18/h3-8H,1-2H3,(H,17,18). The summed E-state index contributed by atoms with van der Waals surface area (Å²) in [5, 5.41) is 9.28. The summed E-state index contributed by atoms with van der Waals surface area (Å²) in [4.78, 5) is 11.3. The van der Waals surface area contributed by atoms with E-state index >= 15 is 0 Å². The number of halogens is 1. The van der Waals surface area contributed by atoms with Gasteiger partial charge in [-0.15, -0.1) is 0 Å². The minimum atomic E-state index is -0.977. The maximum absolute atomic E-state index is 11.3. The van der Waals surface area contributed by atoms with Crippen LogP contribution < -0.4 is 9.47 Å². The third kappa shape index (κ3) is 2.49. The van der Waals surface area contributed by atoms with Gasteiger partial charge in [-0.2, -0.15) is 0 Å². The van der Waals surface area contributed by atoms with Gasteiger partial charge in [0.2, 0.25) is 0 Å². The van der Waals surface area contributed by atoms with E-state index in [0.717, 1.165) is 0 Å². The van der Waals surface area contributed by atoms with Crippen molar-refractivity contribution in [1.82, 2.24) is 0 Å². The topological polar surface area (TPSA) is 55.8 Å². The zero-order valence-electron chi connectivity index (χ0n) is 11.0. The van der Waals surface area contributed by atoms with E-state index in [1.807, 2.05) is 0 Å². The average Bonchev–Trinajstić information content (AvgIpc) is 2.46. The highest BCUT2D eigenvalue weighted by atomic mass is 79.9. The van der Waals surface area contributed by atoms with E-state index in [4.69, 9.17) is 9.47 Å². The Morgan fingerprint density at radius 2 is 1.75 bits per heavy atom. The first-order valence-corrected chi connectivity index (χ1v) is 6.62. The lowest BCUT2D eigenvalue weighted by molar-refractivity contribution is 0.0697. The molecule has 4 nitrogen and oxygen atoms in total. The minimum absolute atomic E-state index is 0.225. The number of hydrogen-bond donors (Lipinski definition) is 1. The van der Waals surface area contributed by atoms with Gasteiger partial charge in [0.15, 0.2) is 0 Å². The molecule has 0 bridgehead atoms. The first kappa shape index (κ1) is 14.4. The molecular formula is C15H13BrO4. The van der Waals surface area contributed by atoms with E-state index in [1.54, 1.807) is 43.5 Å². The van der Waals surface area contributed by atoms with Crippen LogP contribution in [0.15, 0.2) is 40.9 Å². The lowest BCUT2D eigenvalue weighted by atomic mass is 9.98. The van der Waals surface area contributed by atoms with Crippen molar-refractivity contribution in [2.24, 2.45) is 0 Å². The van der Waals surface area contributed by atoms with Gasteiger partial charge in [0.1, 0.15) is 16.0 Å². The number of carboxylic acids is 1. The third-order valence-corrected chi connectivity index (χ3v) is 3.68. The molecule has 0 unspecified atom stereocenters. The lowest BCUT2D eigenvalue weighted by Crippen LogP contribution is -2.00. The maximum atomic E-state index is 11.3. The summed E-state index contributed by atoms with van der Waals surface area (Å²) in [7, 11) is 3.09. The highest BCUT2D eigenvalue weighted by molar-refractivity contribution is 9.10. The largest absolute Gasteiger partial charge is 0.495 e. The summed E-state index contributed by atoms with van der Waals surface area (Å²) in [6, 6.07) is 10.3. The smallest absolute Gasteiger partial charge is 0.336 e. The molecule has 0 aromatic heterocycles. The minimum Gasteiger partial charge on any atom is -0.495 e. The molecule has 0 aliphatic heterocycles. The molecule has 0 saturated heterocycles. The second kappa shape index (κ2) is 5.96. The highest BCUT2D eigenvalue weighted by Gasteiger charge is 2.18. The summed E-state index contributed by atoms with van der Waals surface area (Å²) >= 11 is 3.41. The number of methoxy groups -OCH3 is 2. The molecule has 0 radical (unpaired) electrons. The van der Waals surface area contributed by atoms with Crippen molar-refractivity contribution >= 4 is 21.9 Å². The second-order valence-corrected chi connectivity index (χ2v) is 4.81. The monoisotopic (exact) mass is 336 g/mol. The van der Waals surface area contributed by atoms with Crippen LogP contribution in [0.3, 0.4) is 0 Å². The van der Waals surface area contributed by atoms with Gasteiger partial charge in [-0.1, -0.05) is 18.2 Å². The van der Waals surface area contributed by atoms with Crippen LogP contribution in [0.2, 0.25) is 0 Å². The van der Waals surface area contributed by atoms with Crippen LogP contribution in [0.25, 0.3) is 11.1 Å². The van der Waals surface area contributed by atoms with Crippen LogP contribution in [0, 0.1) is 0 Å². The van der Waals surface area contributed by atoms with Crippen molar-refractivity contribution in [3.8, 4) is 22.6 Å². The van der Waals surface area contributed by atoms with E-state index in [-0.39, 0.29) is 5.56 Å². The zero-order valence-corrected chi connectivity index (χ0v) is 12.6. The Balaban J connectivity index is 2.71. The van der Waals surface area contributed by atoms with Gasteiger partial charge in [0, 0.05) is 5.56 Å². The van der Waals surface area contributed by atoms with E-state index in [9.17, 15) is 9.90 Å². The Hall–Kier alpha value is -2.01. The first-order valence-electron chi connectivity index (χ1n) is 5.83. The third-order valence-electron chi connectivity index (χ3n) is 2.93. The van der Waals surface area contributed by atoms with Gasteiger partial charge < -0.3 is 14.6 Å². The molecule has 0 heterocycles. The molecule has 2 aromatic carbocycles. The molecular weight excluding hydrogens is 324 g/mol. The van der Waals surface area contributed by atoms with E-state index in [2.05, 4.69) is 15.9 Å².